The second-order valence-corrected chi connectivity index (χ2v) is 4.17. The van der Waals surface area contributed by atoms with E-state index >= 15 is 0 Å². The highest BCUT2D eigenvalue weighted by atomic mass is 16.5. The molecule has 2 aromatic rings. The van der Waals surface area contributed by atoms with E-state index in [1.807, 2.05) is 0 Å². The Morgan fingerprint density at radius 2 is 2.30 bits per heavy atom. The first kappa shape index (κ1) is 14.4. The van der Waals surface area contributed by atoms with E-state index in [-0.39, 0.29) is 12.5 Å². The maximum absolute atomic E-state index is 12.0. The molecule has 0 spiro atoms. The summed E-state index contributed by atoms with van der Waals surface area (Å²) in [6.07, 6.45) is 3.58. The highest BCUT2D eigenvalue weighted by molar-refractivity contribution is 5.95. The fourth-order valence-electron chi connectivity index (χ4n) is 1.75. The van der Waals surface area contributed by atoms with Crippen molar-refractivity contribution < 1.29 is 14.6 Å². The summed E-state index contributed by atoms with van der Waals surface area (Å²) in [4.78, 5) is 20.1. The zero-order valence-corrected chi connectivity index (χ0v) is 11.2. The molecule has 8 heteroatoms. The van der Waals surface area contributed by atoms with Gasteiger partial charge >= 0.3 is 0 Å². The lowest BCUT2D eigenvalue weighted by Crippen LogP contribution is -2.27. The number of nitrogens with one attached hydrogen (secondary N) is 1. The second kappa shape index (κ2) is 6.92. The first-order chi connectivity index (χ1) is 9.74. The normalized spacial score (nSPS) is 10.9. The van der Waals surface area contributed by atoms with Gasteiger partial charge in [-0.15, -0.1) is 0 Å². The summed E-state index contributed by atoms with van der Waals surface area (Å²) >= 11 is 0. The number of hydrogen-bond donors (Lipinski definition) is 2. The zero-order chi connectivity index (χ0) is 14.4. The summed E-state index contributed by atoms with van der Waals surface area (Å²) in [6, 6.07) is 0. The molecule has 0 aromatic carbocycles. The molecule has 108 valence electrons. The summed E-state index contributed by atoms with van der Waals surface area (Å²) < 4.78 is 6.63. The van der Waals surface area contributed by atoms with E-state index in [4.69, 9.17) is 9.84 Å². The van der Waals surface area contributed by atoms with Crippen molar-refractivity contribution in [1.29, 1.82) is 0 Å². The Hall–Kier alpha value is -2.06. The number of aryl methyl sites for hydroxylation is 1. The Kier molecular flexibility index (Phi) is 4.97. The number of aromatic nitrogens is 4. The number of ether oxygens (including phenoxy) is 1. The third-order valence-electron chi connectivity index (χ3n) is 2.78. The van der Waals surface area contributed by atoms with Crippen LogP contribution in [-0.4, -0.2) is 57.0 Å². The number of fused-ring (bicyclic) bond motifs is 1. The van der Waals surface area contributed by atoms with Gasteiger partial charge in [0.25, 0.3) is 11.7 Å². The Balaban J connectivity index is 1.89. The minimum Gasteiger partial charge on any atom is -0.394 e. The van der Waals surface area contributed by atoms with E-state index < -0.39 is 0 Å². The van der Waals surface area contributed by atoms with E-state index in [1.165, 1.54) is 17.0 Å². The standard InChI is InChI=1S/C12H17N5O3/c1-9-10(7-14-12-15-8-16-17(9)12)11(19)13-3-2-5-20-6-4-18/h7-8,18H,2-6H2,1H3,(H,13,19). The SMILES string of the molecule is Cc1c(C(=O)NCCCOCCO)cnc2ncnn12. The number of carbonyl (C=O) groups is 1. The average Bonchev–Trinajstić information content (AvgIpc) is 2.92. The van der Waals surface area contributed by atoms with Crippen LogP contribution in [0.4, 0.5) is 0 Å². The molecule has 20 heavy (non-hydrogen) atoms. The van der Waals surface area contributed by atoms with E-state index in [1.54, 1.807) is 6.92 Å². The van der Waals surface area contributed by atoms with Crippen LogP contribution in [0.5, 0.6) is 0 Å². The van der Waals surface area contributed by atoms with Crippen LogP contribution in [-0.2, 0) is 4.74 Å². The molecule has 0 radical (unpaired) electrons. The van der Waals surface area contributed by atoms with E-state index in [2.05, 4.69) is 20.4 Å². The molecule has 2 N–H and O–H groups in total. The lowest BCUT2D eigenvalue weighted by molar-refractivity contribution is 0.0867. The van der Waals surface area contributed by atoms with Gasteiger partial charge in [-0.25, -0.2) is 9.50 Å². The number of amides is 1. The molecule has 2 rings (SSSR count). The quantitative estimate of drug-likeness (QED) is 0.666. The summed E-state index contributed by atoms with van der Waals surface area (Å²) in [7, 11) is 0. The van der Waals surface area contributed by atoms with E-state index in [0.717, 1.165) is 0 Å². The number of rotatable bonds is 7. The van der Waals surface area contributed by atoms with Gasteiger partial charge in [0.15, 0.2) is 0 Å². The van der Waals surface area contributed by atoms with Crippen LogP contribution in [0, 0.1) is 6.92 Å². The van der Waals surface area contributed by atoms with Crippen molar-refractivity contribution in [1.82, 2.24) is 24.9 Å². The predicted molar refractivity (Wildman–Crippen MR) is 70.4 cm³/mol. The minimum absolute atomic E-state index is 0.00907. The monoisotopic (exact) mass is 279 g/mol. The summed E-state index contributed by atoms with van der Waals surface area (Å²) in [5, 5.41) is 15.3. The van der Waals surface area contributed by atoms with Crippen LogP contribution in [0.1, 0.15) is 22.5 Å². The van der Waals surface area contributed by atoms with Crippen LogP contribution in [0.3, 0.4) is 0 Å². The van der Waals surface area contributed by atoms with Gasteiger partial charge in [0, 0.05) is 19.3 Å². The Morgan fingerprint density at radius 1 is 1.45 bits per heavy atom. The van der Waals surface area contributed by atoms with Crippen LogP contribution in [0.15, 0.2) is 12.5 Å². The van der Waals surface area contributed by atoms with Crippen molar-refractivity contribution >= 4 is 11.7 Å². The number of nitrogens with zero attached hydrogens (tertiary/aromatic N) is 4. The smallest absolute Gasteiger partial charge is 0.254 e. The van der Waals surface area contributed by atoms with Crippen LogP contribution in [0.25, 0.3) is 5.78 Å². The maximum Gasteiger partial charge on any atom is 0.254 e. The third-order valence-corrected chi connectivity index (χ3v) is 2.78. The summed E-state index contributed by atoms with van der Waals surface area (Å²) in [5.41, 5.74) is 1.17. The number of aliphatic hydroxyl groups excluding tert-OH is 1. The van der Waals surface area contributed by atoms with Gasteiger partial charge in [-0.05, 0) is 13.3 Å². The Bertz CT molecular complexity index is 583. The highest BCUT2D eigenvalue weighted by Gasteiger charge is 2.12. The average molecular weight is 279 g/mol. The molecular weight excluding hydrogens is 262 g/mol. The van der Waals surface area contributed by atoms with Gasteiger partial charge in [-0.2, -0.15) is 10.1 Å². The van der Waals surface area contributed by atoms with Gasteiger partial charge in [-0.3, -0.25) is 4.79 Å². The molecule has 0 bridgehead atoms. The molecule has 0 saturated heterocycles. The maximum atomic E-state index is 12.0. The van der Waals surface area contributed by atoms with Gasteiger partial charge in [0.2, 0.25) is 0 Å². The fourth-order valence-corrected chi connectivity index (χ4v) is 1.75. The molecule has 0 aliphatic rings. The number of carbonyl (C=O) groups excluding carboxylic acids is 1. The number of aliphatic hydroxyl groups is 1. The molecule has 0 saturated carbocycles. The number of hydrogen-bond acceptors (Lipinski definition) is 6. The summed E-state index contributed by atoms with van der Waals surface area (Å²) in [5.74, 6) is 0.269. The second-order valence-electron chi connectivity index (χ2n) is 4.17. The van der Waals surface area contributed by atoms with Crippen molar-refractivity contribution in [2.45, 2.75) is 13.3 Å². The van der Waals surface area contributed by atoms with Crippen LogP contribution < -0.4 is 5.32 Å². The largest absolute Gasteiger partial charge is 0.394 e. The minimum atomic E-state index is -0.199. The van der Waals surface area contributed by atoms with Crippen molar-refractivity contribution in [2.24, 2.45) is 0 Å². The first-order valence-electron chi connectivity index (χ1n) is 6.36. The molecule has 0 fully saturated rings. The van der Waals surface area contributed by atoms with Gasteiger partial charge in [0.05, 0.1) is 24.5 Å². The molecule has 8 nitrogen and oxygen atoms in total. The molecule has 0 atom stereocenters. The molecule has 2 aromatic heterocycles. The molecule has 0 aliphatic heterocycles. The Labute approximate surface area is 115 Å². The van der Waals surface area contributed by atoms with Gasteiger partial charge in [-0.1, -0.05) is 0 Å². The van der Waals surface area contributed by atoms with Crippen LogP contribution >= 0.6 is 0 Å². The molecular formula is C12H17N5O3. The lowest BCUT2D eigenvalue weighted by atomic mass is 10.2. The van der Waals surface area contributed by atoms with E-state index in [0.29, 0.717) is 43.2 Å². The lowest BCUT2D eigenvalue weighted by Gasteiger charge is -2.08. The first-order valence-corrected chi connectivity index (χ1v) is 6.36. The van der Waals surface area contributed by atoms with Crippen LogP contribution in [0.2, 0.25) is 0 Å². The van der Waals surface area contributed by atoms with Crippen molar-refractivity contribution in [3.8, 4) is 0 Å². The third kappa shape index (κ3) is 3.28. The Morgan fingerprint density at radius 3 is 3.10 bits per heavy atom. The summed E-state index contributed by atoms with van der Waals surface area (Å²) in [6.45, 7) is 3.12. The molecule has 0 aliphatic carbocycles. The van der Waals surface area contributed by atoms with Crippen molar-refractivity contribution in [3.05, 3.63) is 23.8 Å². The zero-order valence-electron chi connectivity index (χ0n) is 11.2. The molecule has 2 heterocycles. The molecule has 1 amide bonds. The van der Waals surface area contributed by atoms with Gasteiger partial charge < -0.3 is 15.2 Å². The topological polar surface area (TPSA) is 102 Å². The predicted octanol–water partition coefficient (Wildman–Crippen LogP) is -0.438. The van der Waals surface area contributed by atoms with Gasteiger partial charge in [0.1, 0.15) is 6.33 Å². The van der Waals surface area contributed by atoms with Crippen molar-refractivity contribution in [2.75, 3.05) is 26.4 Å². The molecule has 0 unspecified atom stereocenters. The highest BCUT2D eigenvalue weighted by Crippen LogP contribution is 2.07. The van der Waals surface area contributed by atoms with E-state index in [9.17, 15) is 4.79 Å². The fraction of sp³-hybridized carbons (Fsp3) is 0.500. The van der Waals surface area contributed by atoms with Crippen molar-refractivity contribution in [3.63, 3.8) is 0 Å².